The van der Waals surface area contributed by atoms with E-state index in [2.05, 4.69) is 10.3 Å². The lowest BCUT2D eigenvalue weighted by Crippen LogP contribution is -2.29. The number of aromatic nitrogens is 1. The number of amides is 1. The van der Waals surface area contributed by atoms with Gasteiger partial charge < -0.3 is 10.3 Å². The van der Waals surface area contributed by atoms with Crippen LogP contribution in [0.15, 0.2) is 30.5 Å². The molecule has 0 aliphatic carbocycles. The van der Waals surface area contributed by atoms with Crippen molar-refractivity contribution in [3.05, 3.63) is 30.5 Å². The number of hydrogen-bond acceptors (Lipinski definition) is 3. The van der Waals surface area contributed by atoms with E-state index in [0.29, 0.717) is 13.0 Å². The van der Waals surface area contributed by atoms with E-state index in [9.17, 15) is 13.2 Å². The van der Waals surface area contributed by atoms with Crippen LogP contribution in [0.4, 0.5) is 5.69 Å². The number of nitrogens with one attached hydrogen (secondary N) is 2. The molecule has 0 radical (unpaired) electrons. The van der Waals surface area contributed by atoms with Gasteiger partial charge >= 0.3 is 0 Å². The minimum absolute atomic E-state index is 0.171. The van der Waals surface area contributed by atoms with Crippen LogP contribution in [0, 0.1) is 0 Å². The molecule has 2 heterocycles. The second-order valence-corrected chi connectivity index (χ2v) is 7.23. The van der Waals surface area contributed by atoms with E-state index in [4.69, 9.17) is 0 Å². The molecular formula is C14H17N3O3S. The molecular weight excluding hydrogens is 290 g/mol. The zero-order chi connectivity index (χ0) is 14.9. The first-order valence-corrected chi connectivity index (χ1v) is 8.50. The number of benzene rings is 1. The summed E-state index contributed by atoms with van der Waals surface area (Å²) < 4.78 is 24.7. The van der Waals surface area contributed by atoms with Gasteiger partial charge in [0.25, 0.3) is 0 Å². The normalized spacial score (nSPS) is 18.1. The van der Waals surface area contributed by atoms with Crippen LogP contribution in [0.5, 0.6) is 0 Å². The maximum atomic E-state index is 11.9. The first-order chi connectivity index (χ1) is 10.0. The maximum absolute atomic E-state index is 11.9. The number of hydrogen-bond donors (Lipinski definition) is 2. The number of carbonyl (C=O) groups excluding carboxylic acids is 1. The predicted octanol–water partition coefficient (Wildman–Crippen LogP) is 1.53. The Morgan fingerprint density at radius 1 is 1.33 bits per heavy atom. The van der Waals surface area contributed by atoms with Crippen molar-refractivity contribution in [1.82, 2.24) is 9.29 Å². The molecule has 1 aliphatic heterocycles. The average Bonchev–Trinajstić information content (AvgIpc) is 3.01. The zero-order valence-corrected chi connectivity index (χ0v) is 12.3. The van der Waals surface area contributed by atoms with Gasteiger partial charge in [0.2, 0.25) is 15.9 Å². The Hall–Kier alpha value is -1.86. The molecule has 0 unspecified atom stereocenters. The van der Waals surface area contributed by atoms with Gasteiger partial charge in [0, 0.05) is 42.3 Å². The van der Waals surface area contributed by atoms with E-state index in [0.717, 1.165) is 16.6 Å². The summed E-state index contributed by atoms with van der Waals surface area (Å²) in [5.74, 6) is 0.0191. The summed E-state index contributed by atoms with van der Waals surface area (Å²) in [6.07, 6.45) is 2.66. The molecule has 6 nitrogen and oxygen atoms in total. The van der Waals surface area contributed by atoms with Gasteiger partial charge in [-0.3, -0.25) is 4.79 Å². The largest absolute Gasteiger partial charge is 0.361 e. The number of H-pyrrole nitrogens is 1. The van der Waals surface area contributed by atoms with Crippen LogP contribution in [-0.4, -0.2) is 42.5 Å². The summed E-state index contributed by atoms with van der Waals surface area (Å²) in [6.45, 7) is 0.769. The molecule has 112 valence electrons. The van der Waals surface area contributed by atoms with E-state index >= 15 is 0 Å². The summed E-state index contributed by atoms with van der Waals surface area (Å²) in [5, 5.41) is 3.82. The summed E-state index contributed by atoms with van der Waals surface area (Å²) >= 11 is 0. The average molecular weight is 307 g/mol. The number of sulfonamides is 1. The number of aromatic amines is 1. The molecule has 1 saturated heterocycles. The van der Waals surface area contributed by atoms with E-state index in [1.54, 1.807) is 0 Å². The van der Waals surface area contributed by atoms with Gasteiger partial charge in [0.1, 0.15) is 0 Å². The molecule has 0 saturated carbocycles. The fraction of sp³-hybridized carbons (Fsp3) is 0.357. The summed E-state index contributed by atoms with van der Waals surface area (Å²) in [4.78, 5) is 15.0. The molecule has 1 amide bonds. The Morgan fingerprint density at radius 3 is 2.95 bits per heavy atom. The van der Waals surface area contributed by atoms with E-state index < -0.39 is 10.0 Å². The summed E-state index contributed by atoms with van der Waals surface area (Å²) in [7, 11) is -3.13. The molecule has 1 fully saturated rings. The van der Waals surface area contributed by atoms with Crippen LogP contribution < -0.4 is 5.32 Å². The van der Waals surface area contributed by atoms with Crippen LogP contribution in [0.3, 0.4) is 0 Å². The molecule has 3 rings (SSSR count). The monoisotopic (exact) mass is 307 g/mol. The van der Waals surface area contributed by atoms with Crippen molar-refractivity contribution in [3.8, 4) is 0 Å². The van der Waals surface area contributed by atoms with Gasteiger partial charge in [0.15, 0.2) is 0 Å². The molecule has 21 heavy (non-hydrogen) atoms. The molecule has 0 atom stereocenters. The highest BCUT2D eigenvalue weighted by Gasteiger charge is 2.28. The number of nitrogens with zero attached hydrogens (tertiary/aromatic N) is 1. The second-order valence-electron chi connectivity index (χ2n) is 5.15. The number of anilines is 1. The third-order valence-electron chi connectivity index (χ3n) is 3.63. The quantitative estimate of drug-likeness (QED) is 0.898. The van der Waals surface area contributed by atoms with Crippen molar-refractivity contribution in [3.63, 3.8) is 0 Å². The highest BCUT2D eigenvalue weighted by Crippen LogP contribution is 2.18. The van der Waals surface area contributed by atoms with Crippen molar-refractivity contribution < 1.29 is 13.2 Å². The molecule has 1 aliphatic rings. The van der Waals surface area contributed by atoms with Crippen molar-refractivity contribution in [2.45, 2.75) is 12.8 Å². The fourth-order valence-electron chi connectivity index (χ4n) is 2.52. The van der Waals surface area contributed by atoms with E-state index in [-0.39, 0.29) is 24.6 Å². The molecule has 1 aromatic heterocycles. The van der Waals surface area contributed by atoms with Crippen LogP contribution in [0.25, 0.3) is 10.9 Å². The Balaban J connectivity index is 1.58. The Bertz CT molecular complexity index is 767. The highest BCUT2D eigenvalue weighted by atomic mass is 32.2. The number of rotatable bonds is 4. The Kier molecular flexibility index (Phi) is 3.69. The van der Waals surface area contributed by atoms with E-state index in [1.807, 2.05) is 30.5 Å². The Labute approximate surface area is 123 Å². The van der Waals surface area contributed by atoms with Crippen molar-refractivity contribution in [2.24, 2.45) is 0 Å². The summed E-state index contributed by atoms with van der Waals surface area (Å²) in [5.41, 5.74) is 1.73. The SMILES string of the molecule is O=C(CCN1CCCS1(=O)=O)Nc1ccc2[nH]ccc2c1. The molecule has 2 aromatic rings. The lowest BCUT2D eigenvalue weighted by Gasteiger charge is -2.13. The maximum Gasteiger partial charge on any atom is 0.225 e. The standard InChI is InChI=1S/C14H17N3O3S/c18-14(5-8-17-7-1-9-21(17,19)20)16-12-2-3-13-11(10-12)4-6-15-13/h2-4,6,10,15H,1,5,7-9H2,(H,16,18). The lowest BCUT2D eigenvalue weighted by atomic mass is 10.2. The van der Waals surface area contributed by atoms with Crippen LogP contribution in [0.2, 0.25) is 0 Å². The zero-order valence-electron chi connectivity index (χ0n) is 11.5. The third kappa shape index (κ3) is 3.08. The summed E-state index contributed by atoms with van der Waals surface area (Å²) in [6, 6.07) is 7.54. The first kappa shape index (κ1) is 14.1. The molecule has 1 aromatic carbocycles. The smallest absolute Gasteiger partial charge is 0.225 e. The minimum Gasteiger partial charge on any atom is -0.361 e. The van der Waals surface area contributed by atoms with Crippen LogP contribution in [0.1, 0.15) is 12.8 Å². The van der Waals surface area contributed by atoms with Crippen LogP contribution in [-0.2, 0) is 14.8 Å². The van der Waals surface area contributed by atoms with Crippen molar-refractivity contribution in [2.75, 3.05) is 24.2 Å². The number of fused-ring (bicyclic) bond motifs is 1. The van der Waals surface area contributed by atoms with Crippen molar-refractivity contribution >= 4 is 32.5 Å². The second kappa shape index (κ2) is 5.50. The van der Waals surface area contributed by atoms with Gasteiger partial charge in [-0.05, 0) is 30.7 Å². The lowest BCUT2D eigenvalue weighted by molar-refractivity contribution is -0.116. The van der Waals surface area contributed by atoms with Gasteiger partial charge in [-0.25, -0.2) is 12.7 Å². The Morgan fingerprint density at radius 2 is 2.19 bits per heavy atom. The van der Waals surface area contributed by atoms with Gasteiger partial charge in [0.05, 0.1) is 5.75 Å². The molecule has 0 bridgehead atoms. The highest BCUT2D eigenvalue weighted by molar-refractivity contribution is 7.89. The predicted molar refractivity (Wildman–Crippen MR) is 81.5 cm³/mol. The topological polar surface area (TPSA) is 82.3 Å². The number of carbonyl (C=O) groups is 1. The first-order valence-electron chi connectivity index (χ1n) is 6.89. The fourth-order valence-corrected chi connectivity index (χ4v) is 4.05. The van der Waals surface area contributed by atoms with Gasteiger partial charge in [-0.2, -0.15) is 0 Å². The van der Waals surface area contributed by atoms with Crippen LogP contribution >= 0.6 is 0 Å². The minimum atomic E-state index is -3.13. The van der Waals surface area contributed by atoms with Gasteiger partial charge in [-0.1, -0.05) is 0 Å². The van der Waals surface area contributed by atoms with Crippen molar-refractivity contribution in [1.29, 1.82) is 0 Å². The molecule has 7 heteroatoms. The molecule has 0 spiro atoms. The molecule has 2 N–H and O–H groups in total. The third-order valence-corrected chi connectivity index (χ3v) is 5.59. The van der Waals surface area contributed by atoms with E-state index in [1.165, 1.54) is 4.31 Å². The van der Waals surface area contributed by atoms with Gasteiger partial charge in [-0.15, -0.1) is 0 Å².